The number of amides is 1. The van der Waals surface area contributed by atoms with Gasteiger partial charge in [-0.15, -0.1) is 0 Å². The van der Waals surface area contributed by atoms with E-state index in [4.69, 9.17) is 14.6 Å². The molecule has 8 nitrogen and oxygen atoms in total. The molecule has 1 aliphatic rings. The number of nitrogens with one attached hydrogen (secondary N) is 1. The van der Waals surface area contributed by atoms with Crippen LogP contribution < -0.4 is 5.32 Å². The molecule has 1 aromatic rings. The number of methoxy groups -OCH3 is 1. The molecule has 2 rings (SSSR count). The van der Waals surface area contributed by atoms with Crippen molar-refractivity contribution in [3.8, 4) is 0 Å². The van der Waals surface area contributed by atoms with Crippen LogP contribution in [0.15, 0.2) is 35.5 Å². The van der Waals surface area contributed by atoms with Crippen molar-refractivity contribution in [1.29, 1.82) is 0 Å². The number of β-amino-alcohol motifs (C(OH)–C–C–N with tert-alkyl or cyclic N) is 1. The predicted octanol–water partition coefficient (Wildman–Crippen LogP) is 0.466. The maximum absolute atomic E-state index is 12.6. The van der Waals surface area contributed by atoms with Crippen molar-refractivity contribution in [1.82, 2.24) is 4.90 Å². The minimum atomic E-state index is -0.621. The Labute approximate surface area is 151 Å². The fraction of sp³-hybridized carbons (Fsp3) is 0.389. The Morgan fingerprint density at radius 3 is 2.69 bits per heavy atom. The third-order valence-electron chi connectivity index (χ3n) is 3.87. The lowest BCUT2D eigenvalue weighted by Crippen LogP contribution is -2.31. The van der Waals surface area contributed by atoms with E-state index < -0.39 is 11.9 Å². The molecule has 0 radical (unpaired) electrons. The van der Waals surface area contributed by atoms with Crippen LogP contribution in [0.25, 0.3) is 0 Å². The zero-order chi connectivity index (χ0) is 19.1. The van der Waals surface area contributed by atoms with Gasteiger partial charge in [0.1, 0.15) is 5.70 Å². The topological polar surface area (TPSA) is 105 Å². The summed E-state index contributed by atoms with van der Waals surface area (Å²) in [5.74, 6) is -1.42. The summed E-state index contributed by atoms with van der Waals surface area (Å²) < 4.78 is 9.71. The molecule has 1 aromatic carbocycles. The number of aliphatic hydroxyl groups excluding tert-OH is 1. The molecular weight excluding hydrogens is 340 g/mol. The van der Waals surface area contributed by atoms with Crippen LogP contribution in [0, 0.1) is 0 Å². The molecule has 0 atom stereocenters. The van der Waals surface area contributed by atoms with Crippen LogP contribution in [0.2, 0.25) is 0 Å². The number of esters is 2. The number of benzene rings is 1. The minimum Gasteiger partial charge on any atom is -0.466 e. The Morgan fingerprint density at radius 1 is 1.31 bits per heavy atom. The van der Waals surface area contributed by atoms with Gasteiger partial charge in [0.25, 0.3) is 5.91 Å². The monoisotopic (exact) mass is 362 g/mol. The average molecular weight is 362 g/mol. The Balaban J connectivity index is 2.31. The molecule has 0 fully saturated rings. The second kappa shape index (κ2) is 9.00. The summed E-state index contributed by atoms with van der Waals surface area (Å²) in [5, 5.41) is 12.1. The molecular formula is C18H22N2O6. The number of para-hydroxylation sites is 1. The summed E-state index contributed by atoms with van der Waals surface area (Å²) in [6.07, 6.45) is 0.0341. The Morgan fingerprint density at radius 2 is 2.04 bits per heavy atom. The zero-order valence-electron chi connectivity index (χ0n) is 14.8. The third-order valence-corrected chi connectivity index (χ3v) is 3.87. The van der Waals surface area contributed by atoms with Crippen molar-refractivity contribution in [3.05, 3.63) is 41.1 Å². The highest BCUT2D eigenvalue weighted by Crippen LogP contribution is 2.25. The van der Waals surface area contributed by atoms with Gasteiger partial charge in [0.05, 0.1) is 38.9 Å². The van der Waals surface area contributed by atoms with Crippen molar-refractivity contribution in [2.45, 2.75) is 13.3 Å². The third kappa shape index (κ3) is 4.40. The van der Waals surface area contributed by atoms with Gasteiger partial charge in [-0.2, -0.15) is 0 Å². The van der Waals surface area contributed by atoms with Crippen molar-refractivity contribution in [2.24, 2.45) is 0 Å². The molecule has 0 saturated heterocycles. The van der Waals surface area contributed by atoms with E-state index in [-0.39, 0.29) is 50.0 Å². The van der Waals surface area contributed by atoms with E-state index in [1.807, 2.05) is 0 Å². The van der Waals surface area contributed by atoms with E-state index in [1.165, 1.54) is 12.0 Å². The Kier molecular flexibility index (Phi) is 6.74. The van der Waals surface area contributed by atoms with Gasteiger partial charge in [0, 0.05) is 12.2 Å². The van der Waals surface area contributed by atoms with Crippen LogP contribution in [0.5, 0.6) is 0 Å². The first kappa shape index (κ1) is 19.5. The maximum Gasteiger partial charge on any atom is 0.337 e. The molecule has 1 aliphatic heterocycles. The van der Waals surface area contributed by atoms with Crippen LogP contribution in [-0.4, -0.2) is 61.3 Å². The van der Waals surface area contributed by atoms with Gasteiger partial charge in [-0.25, -0.2) is 4.79 Å². The van der Waals surface area contributed by atoms with Crippen LogP contribution in [0.1, 0.15) is 12.5 Å². The molecule has 1 heterocycles. The van der Waals surface area contributed by atoms with E-state index in [0.717, 1.165) is 0 Å². The summed E-state index contributed by atoms with van der Waals surface area (Å²) in [4.78, 5) is 37.7. The highest BCUT2D eigenvalue weighted by atomic mass is 16.5. The quantitative estimate of drug-likeness (QED) is 0.648. The first-order valence-corrected chi connectivity index (χ1v) is 8.23. The standard InChI is InChI=1S/C18H22N2O6/c1-3-26-15(22)10-12-6-4-5-7-14(12)19-16-13(18(24)25-2)11-20(8-9-21)17(16)23/h4-7,19,21H,3,8-11H2,1-2H3. The highest BCUT2D eigenvalue weighted by Gasteiger charge is 2.34. The molecule has 0 unspecified atom stereocenters. The van der Waals surface area contributed by atoms with Crippen molar-refractivity contribution in [3.63, 3.8) is 0 Å². The Bertz CT molecular complexity index is 728. The predicted molar refractivity (Wildman–Crippen MR) is 93.1 cm³/mol. The van der Waals surface area contributed by atoms with Crippen molar-refractivity contribution >= 4 is 23.5 Å². The summed E-state index contributed by atoms with van der Waals surface area (Å²) in [6.45, 7) is 1.94. The maximum atomic E-state index is 12.6. The Hall–Kier alpha value is -2.87. The lowest BCUT2D eigenvalue weighted by atomic mass is 10.1. The van der Waals surface area contributed by atoms with E-state index in [1.54, 1.807) is 31.2 Å². The first-order chi connectivity index (χ1) is 12.5. The summed E-state index contributed by atoms with van der Waals surface area (Å²) in [6, 6.07) is 6.96. The van der Waals surface area contributed by atoms with Crippen LogP contribution in [0.3, 0.4) is 0 Å². The molecule has 0 bridgehead atoms. The van der Waals surface area contributed by atoms with Crippen LogP contribution in [0.4, 0.5) is 5.69 Å². The molecule has 8 heteroatoms. The molecule has 0 spiro atoms. The molecule has 140 valence electrons. The molecule has 0 aliphatic carbocycles. The van der Waals surface area contributed by atoms with Crippen molar-refractivity contribution in [2.75, 3.05) is 38.7 Å². The number of aliphatic hydroxyl groups is 1. The molecule has 2 N–H and O–H groups in total. The second-order valence-electron chi connectivity index (χ2n) is 5.56. The van der Waals surface area contributed by atoms with Gasteiger partial charge in [-0.3, -0.25) is 9.59 Å². The molecule has 0 aromatic heterocycles. The average Bonchev–Trinajstić information content (AvgIpc) is 2.93. The number of nitrogens with zero attached hydrogens (tertiary/aromatic N) is 1. The number of hydrogen-bond acceptors (Lipinski definition) is 7. The van der Waals surface area contributed by atoms with Gasteiger partial charge in [0.15, 0.2) is 0 Å². The van der Waals surface area contributed by atoms with E-state index in [9.17, 15) is 14.4 Å². The number of hydrogen-bond donors (Lipinski definition) is 2. The van der Waals surface area contributed by atoms with Crippen molar-refractivity contribution < 1.29 is 29.0 Å². The van der Waals surface area contributed by atoms with Gasteiger partial charge in [0.2, 0.25) is 0 Å². The van der Waals surface area contributed by atoms with Crippen LogP contribution in [-0.2, 0) is 30.3 Å². The smallest absolute Gasteiger partial charge is 0.337 e. The largest absolute Gasteiger partial charge is 0.466 e. The molecule has 26 heavy (non-hydrogen) atoms. The lowest BCUT2D eigenvalue weighted by molar-refractivity contribution is -0.142. The number of ether oxygens (including phenoxy) is 2. The molecule has 0 saturated carbocycles. The van der Waals surface area contributed by atoms with Gasteiger partial charge in [-0.05, 0) is 18.6 Å². The number of rotatable bonds is 8. The SMILES string of the molecule is CCOC(=O)Cc1ccccc1NC1=C(C(=O)OC)CN(CCO)C1=O. The molecule has 1 amide bonds. The van der Waals surface area contributed by atoms with E-state index in [0.29, 0.717) is 11.3 Å². The lowest BCUT2D eigenvalue weighted by Gasteiger charge is -2.16. The first-order valence-electron chi connectivity index (χ1n) is 8.23. The normalized spacial score (nSPS) is 13.8. The fourth-order valence-electron chi connectivity index (χ4n) is 2.65. The van der Waals surface area contributed by atoms with Gasteiger partial charge >= 0.3 is 11.9 Å². The van der Waals surface area contributed by atoms with Gasteiger partial charge < -0.3 is 24.8 Å². The van der Waals surface area contributed by atoms with Crippen LogP contribution >= 0.6 is 0 Å². The zero-order valence-corrected chi connectivity index (χ0v) is 14.8. The minimum absolute atomic E-state index is 0.0341. The summed E-state index contributed by atoms with van der Waals surface area (Å²) >= 11 is 0. The second-order valence-corrected chi connectivity index (χ2v) is 5.56. The number of carbonyl (C=O) groups is 3. The summed E-state index contributed by atoms with van der Waals surface area (Å²) in [5.41, 5.74) is 1.42. The summed E-state index contributed by atoms with van der Waals surface area (Å²) in [7, 11) is 1.24. The number of anilines is 1. The van der Waals surface area contributed by atoms with E-state index in [2.05, 4.69) is 5.32 Å². The highest BCUT2D eigenvalue weighted by molar-refractivity contribution is 6.08. The number of carbonyl (C=O) groups excluding carboxylic acids is 3. The fourth-order valence-corrected chi connectivity index (χ4v) is 2.65. The van der Waals surface area contributed by atoms with Gasteiger partial charge in [-0.1, -0.05) is 18.2 Å². The van der Waals surface area contributed by atoms with E-state index >= 15 is 0 Å².